The molecule has 22 heavy (non-hydrogen) atoms. The number of benzene rings is 1. The van der Waals surface area contributed by atoms with E-state index < -0.39 is 12.1 Å². The highest BCUT2D eigenvalue weighted by atomic mass is 19.4. The summed E-state index contributed by atoms with van der Waals surface area (Å²) in [5, 5.41) is 5.26. The molecular formula is C15H16F3N3O. The maximum Gasteiger partial charge on any atom is 0.391 e. The van der Waals surface area contributed by atoms with Crippen LogP contribution in [0.2, 0.25) is 0 Å². The monoisotopic (exact) mass is 311 g/mol. The number of aromatic nitrogens is 2. The standard InChI is InChI=1S/C15H16F3N3O/c16-15(17,18)10-2-5-12(6-3-10)21-14(22)13-7-11(19)4-1-9(13)8-20-21/h1,4,7-8,10,12H,2-3,5-6,19H2/t10-,12-. The highest BCUT2D eigenvalue weighted by Crippen LogP contribution is 2.40. The van der Waals surface area contributed by atoms with Crippen LogP contribution in [0.5, 0.6) is 0 Å². The van der Waals surface area contributed by atoms with Gasteiger partial charge in [0.1, 0.15) is 0 Å². The third-order valence-electron chi connectivity index (χ3n) is 4.34. The van der Waals surface area contributed by atoms with Crippen molar-refractivity contribution >= 4 is 16.5 Å². The lowest BCUT2D eigenvalue weighted by molar-refractivity contribution is -0.183. The lowest BCUT2D eigenvalue weighted by atomic mass is 9.85. The van der Waals surface area contributed by atoms with Crippen LogP contribution >= 0.6 is 0 Å². The number of rotatable bonds is 1. The van der Waals surface area contributed by atoms with E-state index in [-0.39, 0.29) is 24.4 Å². The van der Waals surface area contributed by atoms with Crippen LogP contribution in [0.4, 0.5) is 18.9 Å². The van der Waals surface area contributed by atoms with E-state index in [4.69, 9.17) is 5.73 Å². The summed E-state index contributed by atoms with van der Waals surface area (Å²) in [5.41, 5.74) is 5.88. The number of hydrogen-bond acceptors (Lipinski definition) is 3. The van der Waals surface area contributed by atoms with Gasteiger partial charge in [0.05, 0.1) is 23.5 Å². The SMILES string of the molecule is Nc1ccc2cnn([C@H]3CC[C@H](C(F)(F)F)CC3)c(=O)c2c1. The van der Waals surface area contributed by atoms with Crippen molar-refractivity contribution in [2.24, 2.45) is 5.92 Å². The highest BCUT2D eigenvalue weighted by molar-refractivity contribution is 5.83. The predicted molar refractivity (Wildman–Crippen MR) is 77.5 cm³/mol. The minimum atomic E-state index is -4.15. The topological polar surface area (TPSA) is 60.9 Å². The van der Waals surface area contributed by atoms with Crippen LogP contribution in [-0.4, -0.2) is 16.0 Å². The number of nitrogen functional groups attached to an aromatic ring is 1. The molecule has 0 amide bonds. The summed E-state index contributed by atoms with van der Waals surface area (Å²) in [6.45, 7) is 0. The number of hydrogen-bond donors (Lipinski definition) is 1. The van der Waals surface area contributed by atoms with Crippen LogP contribution < -0.4 is 11.3 Å². The summed E-state index contributed by atoms with van der Waals surface area (Å²) < 4.78 is 39.4. The van der Waals surface area contributed by atoms with Crippen molar-refractivity contribution in [1.29, 1.82) is 0 Å². The fourth-order valence-corrected chi connectivity index (χ4v) is 3.08. The third kappa shape index (κ3) is 2.67. The largest absolute Gasteiger partial charge is 0.399 e. The van der Waals surface area contributed by atoms with Crippen LogP contribution in [0.15, 0.2) is 29.2 Å². The molecule has 4 nitrogen and oxygen atoms in total. The fourth-order valence-electron chi connectivity index (χ4n) is 3.08. The first kappa shape index (κ1) is 14.9. The van der Waals surface area contributed by atoms with E-state index in [1.54, 1.807) is 24.4 Å². The first-order valence-electron chi connectivity index (χ1n) is 7.20. The molecular weight excluding hydrogens is 295 g/mol. The van der Waals surface area contributed by atoms with Gasteiger partial charge >= 0.3 is 6.18 Å². The quantitative estimate of drug-likeness (QED) is 0.822. The highest BCUT2D eigenvalue weighted by Gasteiger charge is 2.41. The van der Waals surface area contributed by atoms with Crippen molar-refractivity contribution in [2.45, 2.75) is 37.9 Å². The molecule has 0 saturated heterocycles. The lowest BCUT2D eigenvalue weighted by Gasteiger charge is -2.30. The van der Waals surface area contributed by atoms with Gasteiger partial charge in [-0.2, -0.15) is 18.3 Å². The number of fused-ring (bicyclic) bond motifs is 1. The van der Waals surface area contributed by atoms with Crippen molar-refractivity contribution in [1.82, 2.24) is 9.78 Å². The second-order valence-electron chi connectivity index (χ2n) is 5.79. The van der Waals surface area contributed by atoms with Crippen molar-refractivity contribution in [3.8, 4) is 0 Å². The molecule has 0 radical (unpaired) electrons. The van der Waals surface area contributed by atoms with Gasteiger partial charge in [0, 0.05) is 11.1 Å². The van der Waals surface area contributed by atoms with Crippen LogP contribution in [0.25, 0.3) is 10.8 Å². The Bertz CT molecular complexity index is 746. The Kier molecular flexibility index (Phi) is 3.58. The van der Waals surface area contributed by atoms with E-state index in [0.29, 0.717) is 29.3 Å². The van der Waals surface area contributed by atoms with Gasteiger partial charge in [0.2, 0.25) is 0 Å². The Balaban J connectivity index is 1.89. The fraction of sp³-hybridized carbons (Fsp3) is 0.467. The normalized spacial score (nSPS) is 22.9. The Labute approximate surface area is 124 Å². The molecule has 118 valence electrons. The minimum absolute atomic E-state index is 0.0389. The van der Waals surface area contributed by atoms with Gasteiger partial charge in [0.15, 0.2) is 0 Å². The van der Waals surface area contributed by atoms with Gasteiger partial charge in [-0.1, -0.05) is 6.07 Å². The first-order valence-corrected chi connectivity index (χ1v) is 7.20. The Hall–Kier alpha value is -2.05. The smallest absolute Gasteiger partial charge is 0.391 e. The molecule has 0 atom stereocenters. The molecule has 1 aromatic carbocycles. The molecule has 3 rings (SSSR count). The minimum Gasteiger partial charge on any atom is -0.399 e. The molecule has 2 N–H and O–H groups in total. The average Bonchev–Trinajstić information content (AvgIpc) is 2.47. The van der Waals surface area contributed by atoms with E-state index in [2.05, 4.69) is 5.10 Å². The summed E-state index contributed by atoms with van der Waals surface area (Å²) in [6, 6.07) is 4.70. The van der Waals surface area contributed by atoms with Crippen LogP contribution in [0.3, 0.4) is 0 Å². The van der Waals surface area contributed by atoms with Crippen molar-refractivity contribution in [3.63, 3.8) is 0 Å². The molecule has 0 spiro atoms. The summed E-state index contributed by atoms with van der Waals surface area (Å²) in [5.74, 6) is -1.27. The molecule has 1 aliphatic rings. The Morgan fingerprint density at radius 3 is 2.50 bits per heavy atom. The molecule has 1 heterocycles. The maximum atomic E-state index is 12.7. The number of halogens is 3. The zero-order valence-electron chi connectivity index (χ0n) is 11.8. The molecule has 1 saturated carbocycles. The van der Waals surface area contributed by atoms with Crippen LogP contribution in [0, 0.1) is 5.92 Å². The van der Waals surface area contributed by atoms with Crippen LogP contribution in [0.1, 0.15) is 31.7 Å². The van der Waals surface area contributed by atoms with Gasteiger partial charge in [-0.15, -0.1) is 0 Å². The predicted octanol–water partition coefficient (Wildman–Crippen LogP) is 3.27. The number of alkyl halides is 3. The van der Waals surface area contributed by atoms with E-state index in [9.17, 15) is 18.0 Å². The van der Waals surface area contributed by atoms with Gasteiger partial charge in [-0.3, -0.25) is 4.79 Å². The number of nitrogens with zero attached hydrogens (tertiary/aromatic N) is 2. The van der Waals surface area contributed by atoms with Gasteiger partial charge in [-0.25, -0.2) is 4.68 Å². The van der Waals surface area contributed by atoms with E-state index >= 15 is 0 Å². The van der Waals surface area contributed by atoms with E-state index in [1.165, 1.54) is 4.68 Å². The first-order chi connectivity index (χ1) is 10.4. The van der Waals surface area contributed by atoms with Crippen molar-refractivity contribution < 1.29 is 13.2 Å². The summed E-state index contributed by atoms with van der Waals surface area (Å²) in [7, 11) is 0. The molecule has 0 unspecified atom stereocenters. The maximum absolute atomic E-state index is 12.7. The van der Waals surface area contributed by atoms with Crippen molar-refractivity contribution in [3.05, 3.63) is 34.7 Å². The molecule has 1 aromatic heterocycles. The molecule has 1 fully saturated rings. The summed E-state index contributed by atoms with van der Waals surface area (Å²) >= 11 is 0. The number of anilines is 1. The van der Waals surface area contributed by atoms with Gasteiger partial charge < -0.3 is 5.73 Å². The molecule has 7 heteroatoms. The van der Waals surface area contributed by atoms with Crippen molar-refractivity contribution in [2.75, 3.05) is 5.73 Å². The summed E-state index contributed by atoms with van der Waals surface area (Å²) in [4.78, 5) is 12.5. The second kappa shape index (κ2) is 5.30. The molecule has 2 aromatic rings. The van der Waals surface area contributed by atoms with E-state index in [1.807, 2.05) is 0 Å². The molecule has 1 aliphatic carbocycles. The third-order valence-corrected chi connectivity index (χ3v) is 4.34. The molecule has 0 bridgehead atoms. The van der Waals surface area contributed by atoms with E-state index in [0.717, 1.165) is 0 Å². The van der Waals surface area contributed by atoms with Gasteiger partial charge in [-0.05, 0) is 37.8 Å². The number of nitrogens with two attached hydrogens (primary N) is 1. The lowest BCUT2D eigenvalue weighted by Crippen LogP contribution is -2.33. The zero-order valence-corrected chi connectivity index (χ0v) is 11.8. The van der Waals surface area contributed by atoms with Crippen LogP contribution in [-0.2, 0) is 0 Å². The zero-order chi connectivity index (χ0) is 15.9. The second-order valence-corrected chi connectivity index (χ2v) is 5.79. The average molecular weight is 311 g/mol. The Morgan fingerprint density at radius 2 is 1.86 bits per heavy atom. The molecule has 0 aliphatic heterocycles. The Morgan fingerprint density at radius 1 is 1.18 bits per heavy atom. The van der Waals surface area contributed by atoms with Gasteiger partial charge in [0.25, 0.3) is 5.56 Å². The summed E-state index contributed by atoms with van der Waals surface area (Å²) in [6.07, 6.45) is -1.89.